The highest BCUT2D eigenvalue weighted by molar-refractivity contribution is 6.34. The predicted molar refractivity (Wildman–Crippen MR) is 75.2 cm³/mol. The third-order valence-corrected chi connectivity index (χ3v) is 3.62. The summed E-state index contributed by atoms with van der Waals surface area (Å²) in [6.45, 7) is 4.70. The highest BCUT2D eigenvalue weighted by Crippen LogP contribution is 2.29. The summed E-state index contributed by atoms with van der Waals surface area (Å²) in [5.41, 5.74) is 0.649. The first-order chi connectivity index (χ1) is 8.70. The van der Waals surface area contributed by atoms with E-state index >= 15 is 0 Å². The second-order valence-electron chi connectivity index (χ2n) is 5.08. The van der Waals surface area contributed by atoms with E-state index in [4.69, 9.17) is 11.6 Å². The highest BCUT2D eigenvalue weighted by atomic mass is 35.5. The number of nitrogens with zero attached hydrogens (tertiary/aromatic N) is 1. The Balaban J connectivity index is 1.97. The molecule has 0 saturated heterocycles. The summed E-state index contributed by atoms with van der Waals surface area (Å²) in [6, 6.07) is 7.31. The quantitative estimate of drug-likeness (QED) is 0.702. The molecule has 2 nitrogen and oxygen atoms in total. The standard InChI is InChI=1S/C15H20ClNO/c1-2-9-17(10-12-7-8-12)11-15(18)13-5-3-4-6-14(13)16/h3-6,12H,2,7-11H2,1H3. The Morgan fingerprint density at radius 3 is 2.72 bits per heavy atom. The smallest absolute Gasteiger partial charge is 0.178 e. The van der Waals surface area contributed by atoms with E-state index in [0.717, 1.165) is 25.4 Å². The zero-order valence-electron chi connectivity index (χ0n) is 10.9. The molecule has 0 heterocycles. The number of rotatable bonds is 7. The van der Waals surface area contributed by atoms with E-state index in [1.54, 1.807) is 6.07 Å². The van der Waals surface area contributed by atoms with E-state index in [1.165, 1.54) is 12.8 Å². The Morgan fingerprint density at radius 1 is 1.39 bits per heavy atom. The molecule has 1 saturated carbocycles. The molecule has 1 aromatic carbocycles. The minimum Gasteiger partial charge on any atom is -0.296 e. The van der Waals surface area contributed by atoms with Crippen LogP contribution in [0.1, 0.15) is 36.5 Å². The minimum absolute atomic E-state index is 0.134. The van der Waals surface area contributed by atoms with Crippen LogP contribution in [-0.4, -0.2) is 30.3 Å². The second-order valence-corrected chi connectivity index (χ2v) is 5.49. The molecular formula is C15H20ClNO. The number of hydrogen-bond donors (Lipinski definition) is 0. The maximum atomic E-state index is 12.2. The van der Waals surface area contributed by atoms with Crippen LogP contribution in [0.25, 0.3) is 0 Å². The highest BCUT2D eigenvalue weighted by Gasteiger charge is 2.25. The SMILES string of the molecule is CCCN(CC(=O)c1ccccc1Cl)CC1CC1. The molecule has 3 heteroatoms. The topological polar surface area (TPSA) is 20.3 Å². The Labute approximate surface area is 114 Å². The molecule has 0 aliphatic heterocycles. The van der Waals surface area contributed by atoms with Crippen LogP contribution in [0.2, 0.25) is 5.02 Å². The molecular weight excluding hydrogens is 246 g/mol. The normalized spacial score (nSPS) is 15.1. The monoisotopic (exact) mass is 265 g/mol. The largest absolute Gasteiger partial charge is 0.296 e. The van der Waals surface area contributed by atoms with Gasteiger partial charge in [-0.2, -0.15) is 0 Å². The van der Waals surface area contributed by atoms with Crippen LogP contribution in [0.3, 0.4) is 0 Å². The summed E-state index contributed by atoms with van der Waals surface area (Å²) >= 11 is 6.06. The zero-order valence-corrected chi connectivity index (χ0v) is 11.6. The van der Waals surface area contributed by atoms with Crippen LogP contribution >= 0.6 is 11.6 Å². The van der Waals surface area contributed by atoms with Crippen molar-refractivity contribution in [2.75, 3.05) is 19.6 Å². The van der Waals surface area contributed by atoms with Gasteiger partial charge in [-0.1, -0.05) is 30.7 Å². The molecule has 1 aliphatic carbocycles. The lowest BCUT2D eigenvalue weighted by Gasteiger charge is -2.20. The number of Topliss-reactive ketones (excluding diaryl/α,β-unsaturated/α-hetero) is 1. The van der Waals surface area contributed by atoms with Crippen molar-refractivity contribution in [2.24, 2.45) is 5.92 Å². The number of benzene rings is 1. The van der Waals surface area contributed by atoms with Gasteiger partial charge >= 0.3 is 0 Å². The lowest BCUT2D eigenvalue weighted by molar-refractivity contribution is 0.0927. The Morgan fingerprint density at radius 2 is 2.11 bits per heavy atom. The van der Waals surface area contributed by atoms with Crippen molar-refractivity contribution in [3.05, 3.63) is 34.9 Å². The third kappa shape index (κ3) is 3.82. The molecule has 98 valence electrons. The first-order valence-electron chi connectivity index (χ1n) is 6.70. The van der Waals surface area contributed by atoms with Gasteiger partial charge in [0.2, 0.25) is 0 Å². The fourth-order valence-corrected chi connectivity index (χ4v) is 2.43. The fourth-order valence-electron chi connectivity index (χ4n) is 2.19. The van der Waals surface area contributed by atoms with Crippen LogP contribution in [0.4, 0.5) is 0 Å². The maximum Gasteiger partial charge on any atom is 0.178 e. The van der Waals surface area contributed by atoms with Gasteiger partial charge in [-0.25, -0.2) is 0 Å². The van der Waals surface area contributed by atoms with E-state index in [0.29, 0.717) is 17.1 Å². The number of halogens is 1. The van der Waals surface area contributed by atoms with E-state index < -0.39 is 0 Å². The van der Waals surface area contributed by atoms with Crippen LogP contribution < -0.4 is 0 Å². The van der Waals surface area contributed by atoms with Crippen LogP contribution in [0.15, 0.2) is 24.3 Å². The molecule has 0 bridgehead atoms. The van der Waals surface area contributed by atoms with Crippen molar-refractivity contribution >= 4 is 17.4 Å². The number of carbonyl (C=O) groups excluding carboxylic acids is 1. The van der Waals surface area contributed by atoms with Gasteiger partial charge in [0, 0.05) is 12.1 Å². The summed E-state index contributed by atoms with van der Waals surface area (Å²) in [7, 11) is 0. The van der Waals surface area contributed by atoms with Crippen molar-refractivity contribution in [1.82, 2.24) is 4.90 Å². The van der Waals surface area contributed by atoms with Gasteiger partial charge in [-0.15, -0.1) is 0 Å². The van der Waals surface area contributed by atoms with Crippen molar-refractivity contribution < 1.29 is 4.79 Å². The lowest BCUT2D eigenvalue weighted by Crippen LogP contribution is -2.32. The molecule has 1 aromatic rings. The molecule has 0 aromatic heterocycles. The molecule has 18 heavy (non-hydrogen) atoms. The number of ketones is 1. The molecule has 0 radical (unpaired) electrons. The summed E-state index contributed by atoms with van der Waals surface area (Å²) in [4.78, 5) is 14.5. The Hall–Kier alpha value is -0.860. The first kappa shape index (κ1) is 13.6. The zero-order chi connectivity index (χ0) is 13.0. The van der Waals surface area contributed by atoms with Gasteiger partial charge in [0.05, 0.1) is 11.6 Å². The molecule has 0 amide bonds. The molecule has 0 unspecified atom stereocenters. The van der Waals surface area contributed by atoms with Gasteiger partial charge in [-0.05, 0) is 43.9 Å². The second kappa shape index (κ2) is 6.35. The van der Waals surface area contributed by atoms with Gasteiger partial charge in [0.1, 0.15) is 0 Å². The number of carbonyl (C=O) groups is 1. The third-order valence-electron chi connectivity index (χ3n) is 3.29. The fraction of sp³-hybridized carbons (Fsp3) is 0.533. The van der Waals surface area contributed by atoms with Crippen molar-refractivity contribution in [1.29, 1.82) is 0 Å². The van der Waals surface area contributed by atoms with Gasteiger partial charge in [-0.3, -0.25) is 9.69 Å². The maximum absolute atomic E-state index is 12.2. The molecule has 0 spiro atoms. The summed E-state index contributed by atoms with van der Waals surface area (Å²) < 4.78 is 0. The molecule has 1 aliphatic rings. The first-order valence-corrected chi connectivity index (χ1v) is 7.08. The van der Waals surface area contributed by atoms with Crippen molar-refractivity contribution in [3.63, 3.8) is 0 Å². The average Bonchev–Trinajstić information content (AvgIpc) is 3.13. The molecule has 0 N–H and O–H groups in total. The Kier molecular flexibility index (Phi) is 4.79. The molecule has 1 fully saturated rings. The van der Waals surface area contributed by atoms with Gasteiger partial charge in [0.15, 0.2) is 5.78 Å². The van der Waals surface area contributed by atoms with Gasteiger partial charge < -0.3 is 0 Å². The van der Waals surface area contributed by atoms with E-state index in [9.17, 15) is 4.79 Å². The minimum atomic E-state index is 0.134. The lowest BCUT2D eigenvalue weighted by atomic mass is 10.1. The Bertz CT molecular complexity index is 415. The average molecular weight is 266 g/mol. The summed E-state index contributed by atoms with van der Waals surface area (Å²) in [5.74, 6) is 0.949. The van der Waals surface area contributed by atoms with E-state index in [-0.39, 0.29) is 5.78 Å². The van der Waals surface area contributed by atoms with Crippen LogP contribution in [0, 0.1) is 5.92 Å². The summed E-state index contributed by atoms with van der Waals surface area (Å²) in [5, 5.41) is 0.561. The van der Waals surface area contributed by atoms with Crippen LogP contribution in [0.5, 0.6) is 0 Å². The number of hydrogen-bond acceptors (Lipinski definition) is 2. The van der Waals surface area contributed by atoms with E-state index in [2.05, 4.69) is 11.8 Å². The summed E-state index contributed by atoms with van der Waals surface area (Å²) in [6.07, 6.45) is 3.73. The van der Waals surface area contributed by atoms with Gasteiger partial charge in [0.25, 0.3) is 0 Å². The predicted octanol–water partition coefficient (Wildman–Crippen LogP) is 3.64. The van der Waals surface area contributed by atoms with Crippen molar-refractivity contribution in [2.45, 2.75) is 26.2 Å². The van der Waals surface area contributed by atoms with Crippen LogP contribution in [-0.2, 0) is 0 Å². The van der Waals surface area contributed by atoms with Crippen molar-refractivity contribution in [3.8, 4) is 0 Å². The van der Waals surface area contributed by atoms with E-state index in [1.807, 2.05) is 18.2 Å². The molecule has 0 atom stereocenters. The molecule has 2 rings (SSSR count).